The summed E-state index contributed by atoms with van der Waals surface area (Å²) in [6.45, 7) is 3.39. The summed E-state index contributed by atoms with van der Waals surface area (Å²) in [6.07, 6.45) is 4.02. The molecule has 8 nitrogen and oxygen atoms in total. The van der Waals surface area contributed by atoms with Crippen LogP contribution in [0.2, 0.25) is 0 Å². The molecule has 0 atom stereocenters. The van der Waals surface area contributed by atoms with Gasteiger partial charge in [0.15, 0.2) is 0 Å². The number of hydrogen-bond donors (Lipinski definition) is 2. The summed E-state index contributed by atoms with van der Waals surface area (Å²) < 4.78 is 26.9. The van der Waals surface area contributed by atoms with Crippen LogP contribution in [-0.4, -0.2) is 28.6 Å². The third-order valence-electron chi connectivity index (χ3n) is 6.46. The van der Waals surface area contributed by atoms with E-state index >= 15 is 0 Å². The van der Waals surface area contributed by atoms with E-state index in [0.29, 0.717) is 22.4 Å². The third-order valence-corrected chi connectivity index (χ3v) is 7.42. The van der Waals surface area contributed by atoms with Crippen LogP contribution in [0.4, 0.5) is 22.9 Å². The van der Waals surface area contributed by atoms with Crippen molar-refractivity contribution in [3.8, 4) is 0 Å². The number of aromatic nitrogens is 4. The molecule has 0 aliphatic rings. The Morgan fingerprint density at radius 3 is 2.59 bits per heavy atom. The molecular weight excluding hydrogens is 508 g/mol. The largest absolute Gasteiger partial charge is 0.294 e. The van der Waals surface area contributed by atoms with Gasteiger partial charge in [-0.05, 0) is 60.0 Å². The van der Waals surface area contributed by atoms with E-state index in [4.69, 9.17) is 4.98 Å². The zero-order chi connectivity index (χ0) is 26.8. The van der Waals surface area contributed by atoms with Crippen LogP contribution in [0, 0.1) is 0 Å². The highest BCUT2D eigenvalue weighted by atomic mass is 32.2. The van der Waals surface area contributed by atoms with Crippen molar-refractivity contribution >= 4 is 54.7 Å². The van der Waals surface area contributed by atoms with Gasteiger partial charge in [-0.1, -0.05) is 55.1 Å². The second kappa shape index (κ2) is 10.0. The molecule has 2 aromatic heterocycles. The SMILES string of the molecule is C=CS(=O)(=O)Nc1ccc2ncnc(N(c3ccc4[nH]ncc4c3)c3ccccc3Cc3ccccc3)c2c1. The molecule has 0 spiro atoms. The molecule has 0 radical (unpaired) electrons. The number of benzene rings is 4. The summed E-state index contributed by atoms with van der Waals surface area (Å²) in [7, 11) is -3.69. The molecule has 0 bridgehead atoms. The molecule has 6 rings (SSSR count). The first-order valence-electron chi connectivity index (χ1n) is 12.3. The Kier molecular flexibility index (Phi) is 6.26. The second-order valence-corrected chi connectivity index (χ2v) is 10.6. The summed E-state index contributed by atoms with van der Waals surface area (Å²) in [5.74, 6) is 0.614. The minimum atomic E-state index is -3.69. The maximum absolute atomic E-state index is 12.2. The Balaban J connectivity index is 1.58. The fourth-order valence-electron chi connectivity index (χ4n) is 4.63. The van der Waals surface area contributed by atoms with E-state index in [2.05, 4.69) is 61.7 Å². The molecule has 2 N–H and O–H groups in total. The lowest BCUT2D eigenvalue weighted by molar-refractivity contribution is 0.609. The molecule has 0 saturated carbocycles. The molecule has 192 valence electrons. The molecule has 0 aliphatic carbocycles. The fourth-order valence-corrected chi connectivity index (χ4v) is 5.17. The van der Waals surface area contributed by atoms with Crippen LogP contribution in [0.5, 0.6) is 0 Å². The Morgan fingerprint density at radius 1 is 0.923 bits per heavy atom. The van der Waals surface area contributed by atoms with Crippen LogP contribution in [-0.2, 0) is 16.4 Å². The van der Waals surface area contributed by atoms with Gasteiger partial charge in [0.2, 0.25) is 0 Å². The molecule has 4 aromatic carbocycles. The van der Waals surface area contributed by atoms with E-state index in [0.717, 1.165) is 39.7 Å². The van der Waals surface area contributed by atoms with E-state index in [-0.39, 0.29) is 0 Å². The van der Waals surface area contributed by atoms with Crippen molar-refractivity contribution in [1.29, 1.82) is 0 Å². The lowest BCUT2D eigenvalue weighted by atomic mass is 10.0. The number of sulfonamides is 1. The van der Waals surface area contributed by atoms with Gasteiger partial charge in [-0.15, -0.1) is 0 Å². The summed E-state index contributed by atoms with van der Waals surface area (Å²) in [5, 5.41) is 9.71. The maximum atomic E-state index is 12.2. The number of aromatic amines is 1. The number of nitrogens with zero attached hydrogens (tertiary/aromatic N) is 4. The Morgan fingerprint density at radius 2 is 1.74 bits per heavy atom. The Bertz CT molecular complexity index is 1920. The molecule has 0 amide bonds. The normalized spacial score (nSPS) is 11.5. The number of rotatable bonds is 8. The van der Waals surface area contributed by atoms with E-state index in [9.17, 15) is 8.42 Å². The Hall–Kier alpha value is -5.02. The van der Waals surface area contributed by atoms with E-state index < -0.39 is 10.0 Å². The molecule has 0 unspecified atom stereocenters. The summed E-state index contributed by atoms with van der Waals surface area (Å²) in [5.41, 5.74) is 6.10. The van der Waals surface area contributed by atoms with Gasteiger partial charge in [0, 0.05) is 27.6 Å². The van der Waals surface area contributed by atoms with Gasteiger partial charge in [-0.2, -0.15) is 5.10 Å². The average molecular weight is 533 g/mol. The van der Waals surface area contributed by atoms with Crippen molar-refractivity contribution < 1.29 is 8.42 Å². The number of fused-ring (bicyclic) bond motifs is 2. The zero-order valence-corrected chi connectivity index (χ0v) is 21.6. The quantitative estimate of drug-likeness (QED) is 0.233. The number of nitrogens with one attached hydrogen (secondary N) is 2. The predicted molar refractivity (Wildman–Crippen MR) is 156 cm³/mol. The van der Waals surface area contributed by atoms with E-state index in [1.54, 1.807) is 24.4 Å². The van der Waals surface area contributed by atoms with Crippen LogP contribution in [0.1, 0.15) is 11.1 Å². The fraction of sp³-hybridized carbons (Fsp3) is 0.0333. The number of anilines is 4. The predicted octanol–water partition coefficient (Wildman–Crippen LogP) is 6.45. The van der Waals surface area contributed by atoms with Crippen molar-refractivity contribution in [2.24, 2.45) is 0 Å². The highest BCUT2D eigenvalue weighted by Gasteiger charge is 2.21. The average Bonchev–Trinajstić information content (AvgIpc) is 3.43. The molecule has 0 fully saturated rings. The smallest absolute Gasteiger partial charge is 0.254 e. The highest BCUT2D eigenvalue weighted by molar-refractivity contribution is 7.95. The van der Waals surface area contributed by atoms with Crippen LogP contribution in [0.3, 0.4) is 0 Å². The standard InChI is InChI=1S/C30H24N6O2S/c1-2-39(37,38)35-24-12-14-28-26(18-24)30(32-20-31-28)36(25-13-15-27-23(17-25)19-33-34-27)29-11-7-6-10-22(29)16-21-8-4-3-5-9-21/h2-15,17-20,35H,1,16H2,(H,33,34). The summed E-state index contributed by atoms with van der Waals surface area (Å²) in [6, 6.07) is 29.7. The first-order chi connectivity index (χ1) is 19.0. The maximum Gasteiger partial charge on any atom is 0.254 e. The van der Waals surface area contributed by atoms with Gasteiger partial charge in [0.05, 0.1) is 22.9 Å². The van der Waals surface area contributed by atoms with Crippen molar-refractivity contribution in [1.82, 2.24) is 20.2 Å². The zero-order valence-electron chi connectivity index (χ0n) is 20.8. The topological polar surface area (TPSA) is 104 Å². The van der Waals surface area contributed by atoms with Gasteiger partial charge in [0.25, 0.3) is 10.0 Å². The van der Waals surface area contributed by atoms with Gasteiger partial charge >= 0.3 is 0 Å². The molecule has 9 heteroatoms. The minimum absolute atomic E-state index is 0.390. The first kappa shape index (κ1) is 24.3. The van der Waals surface area contributed by atoms with Gasteiger partial charge in [0.1, 0.15) is 12.1 Å². The number of H-pyrrole nitrogens is 1. The van der Waals surface area contributed by atoms with Crippen molar-refractivity contribution in [3.63, 3.8) is 0 Å². The molecule has 0 aliphatic heterocycles. The molecule has 0 saturated heterocycles. The van der Waals surface area contributed by atoms with Crippen molar-refractivity contribution in [3.05, 3.63) is 127 Å². The minimum Gasteiger partial charge on any atom is -0.294 e. The number of hydrogen-bond acceptors (Lipinski definition) is 6. The molecule has 2 heterocycles. The van der Waals surface area contributed by atoms with Gasteiger partial charge in [-0.25, -0.2) is 18.4 Å². The van der Waals surface area contributed by atoms with E-state index in [1.165, 1.54) is 11.9 Å². The molecular formula is C30H24N6O2S. The third kappa shape index (κ3) is 4.95. The van der Waals surface area contributed by atoms with Crippen LogP contribution in [0.25, 0.3) is 21.8 Å². The van der Waals surface area contributed by atoms with Crippen molar-refractivity contribution in [2.75, 3.05) is 9.62 Å². The molecule has 39 heavy (non-hydrogen) atoms. The number of para-hydroxylation sites is 1. The second-order valence-electron chi connectivity index (χ2n) is 9.01. The van der Waals surface area contributed by atoms with Crippen LogP contribution < -0.4 is 9.62 Å². The van der Waals surface area contributed by atoms with E-state index in [1.807, 2.05) is 42.5 Å². The summed E-state index contributed by atoms with van der Waals surface area (Å²) >= 11 is 0. The van der Waals surface area contributed by atoms with Crippen LogP contribution >= 0.6 is 0 Å². The van der Waals surface area contributed by atoms with Crippen LogP contribution in [0.15, 0.2) is 116 Å². The Labute approximate surface area is 225 Å². The molecule has 6 aromatic rings. The highest BCUT2D eigenvalue weighted by Crippen LogP contribution is 2.40. The lowest BCUT2D eigenvalue weighted by Gasteiger charge is -2.28. The lowest BCUT2D eigenvalue weighted by Crippen LogP contribution is -2.15. The monoisotopic (exact) mass is 532 g/mol. The van der Waals surface area contributed by atoms with Crippen molar-refractivity contribution in [2.45, 2.75) is 6.42 Å². The summed E-state index contributed by atoms with van der Waals surface area (Å²) in [4.78, 5) is 11.3. The first-order valence-corrected chi connectivity index (χ1v) is 13.8. The van der Waals surface area contributed by atoms with Gasteiger partial charge < -0.3 is 0 Å². The van der Waals surface area contributed by atoms with Gasteiger partial charge in [-0.3, -0.25) is 14.7 Å².